The van der Waals surface area contributed by atoms with Gasteiger partial charge in [0.1, 0.15) is 0 Å². The van der Waals surface area contributed by atoms with Gasteiger partial charge >= 0.3 is 0 Å². The molecule has 1 aromatic carbocycles. The molecule has 0 aromatic heterocycles. The SMILES string of the molecule is CCNC(=O)CN(C)CC(=O)c1cc(Cl)ccc1Cl. The molecule has 1 rings (SSSR count). The number of nitrogens with one attached hydrogen (secondary N) is 1. The molecule has 4 nitrogen and oxygen atoms in total. The lowest BCUT2D eigenvalue weighted by Gasteiger charge is -2.15. The van der Waals surface area contributed by atoms with E-state index in [1.54, 1.807) is 24.1 Å². The second-order valence-electron chi connectivity index (χ2n) is 4.17. The van der Waals surface area contributed by atoms with E-state index in [0.717, 1.165) is 0 Å². The lowest BCUT2D eigenvalue weighted by Crippen LogP contribution is -2.37. The van der Waals surface area contributed by atoms with E-state index in [1.165, 1.54) is 6.07 Å². The smallest absolute Gasteiger partial charge is 0.234 e. The predicted octanol–water partition coefficient (Wildman–Crippen LogP) is 2.24. The van der Waals surface area contributed by atoms with Gasteiger partial charge in [-0.25, -0.2) is 0 Å². The summed E-state index contributed by atoms with van der Waals surface area (Å²) in [5, 5.41) is 3.49. The van der Waals surface area contributed by atoms with E-state index in [9.17, 15) is 9.59 Å². The summed E-state index contributed by atoms with van der Waals surface area (Å²) in [4.78, 5) is 25.1. The van der Waals surface area contributed by atoms with Crippen LogP contribution >= 0.6 is 23.2 Å². The molecule has 104 valence electrons. The number of hydrogen-bond donors (Lipinski definition) is 1. The van der Waals surface area contributed by atoms with Crippen molar-refractivity contribution in [1.29, 1.82) is 0 Å². The quantitative estimate of drug-likeness (QED) is 0.820. The van der Waals surface area contributed by atoms with Crippen molar-refractivity contribution < 1.29 is 9.59 Å². The van der Waals surface area contributed by atoms with E-state index in [2.05, 4.69) is 5.32 Å². The van der Waals surface area contributed by atoms with E-state index in [1.807, 2.05) is 6.92 Å². The minimum Gasteiger partial charge on any atom is -0.355 e. The van der Waals surface area contributed by atoms with Crippen molar-refractivity contribution in [3.63, 3.8) is 0 Å². The maximum atomic E-state index is 12.1. The van der Waals surface area contributed by atoms with Crippen molar-refractivity contribution in [2.75, 3.05) is 26.7 Å². The lowest BCUT2D eigenvalue weighted by molar-refractivity contribution is -0.121. The summed E-state index contributed by atoms with van der Waals surface area (Å²) in [5.41, 5.74) is 0.372. The summed E-state index contributed by atoms with van der Waals surface area (Å²) >= 11 is 11.8. The van der Waals surface area contributed by atoms with Crippen LogP contribution in [-0.2, 0) is 4.79 Å². The number of benzene rings is 1. The standard InChI is InChI=1S/C13H16Cl2N2O2/c1-3-16-13(19)8-17(2)7-12(18)10-6-9(14)4-5-11(10)15/h4-6H,3,7-8H2,1-2H3,(H,16,19). The Morgan fingerprint density at radius 2 is 1.95 bits per heavy atom. The minimum absolute atomic E-state index is 0.108. The van der Waals surface area contributed by atoms with Crippen molar-refractivity contribution >= 4 is 34.9 Å². The Kier molecular flexibility index (Phi) is 6.28. The Labute approximate surface area is 122 Å². The Morgan fingerprint density at radius 1 is 1.26 bits per heavy atom. The van der Waals surface area contributed by atoms with Crippen LogP contribution in [0.4, 0.5) is 0 Å². The van der Waals surface area contributed by atoms with Gasteiger partial charge < -0.3 is 5.32 Å². The number of carbonyl (C=O) groups excluding carboxylic acids is 2. The third-order valence-electron chi connectivity index (χ3n) is 2.43. The number of hydrogen-bond acceptors (Lipinski definition) is 3. The maximum absolute atomic E-state index is 12.1. The summed E-state index contributed by atoms with van der Waals surface area (Å²) < 4.78 is 0. The fourth-order valence-corrected chi connectivity index (χ4v) is 1.99. The molecule has 0 spiro atoms. The van der Waals surface area contributed by atoms with Crippen LogP contribution in [0.25, 0.3) is 0 Å². The summed E-state index contributed by atoms with van der Waals surface area (Å²) in [6.07, 6.45) is 0. The Balaban J connectivity index is 2.64. The normalized spacial score (nSPS) is 10.6. The van der Waals surface area contributed by atoms with Gasteiger partial charge in [0.05, 0.1) is 18.1 Å². The zero-order valence-electron chi connectivity index (χ0n) is 10.9. The molecule has 0 unspecified atom stereocenters. The van der Waals surface area contributed by atoms with Crippen LogP contribution in [0.1, 0.15) is 17.3 Å². The van der Waals surface area contributed by atoms with Gasteiger partial charge in [-0.2, -0.15) is 0 Å². The van der Waals surface area contributed by atoms with E-state index < -0.39 is 0 Å². The number of halogens is 2. The molecule has 0 aliphatic rings. The second-order valence-corrected chi connectivity index (χ2v) is 5.02. The van der Waals surface area contributed by atoms with Crippen molar-refractivity contribution in [3.8, 4) is 0 Å². The zero-order chi connectivity index (χ0) is 14.4. The molecule has 1 N–H and O–H groups in total. The number of likely N-dealkylation sites (N-methyl/N-ethyl adjacent to an activating group) is 2. The molecule has 19 heavy (non-hydrogen) atoms. The van der Waals surface area contributed by atoms with Crippen LogP contribution in [-0.4, -0.2) is 43.3 Å². The maximum Gasteiger partial charge on any atom is 0.234 e. The van der Waals surface area contributed by atoms with Crippen LogP contribution < -0.4 is 5.32 Å². The molecule has 0 fully saturated rings. The highest BCUT2D eigenvalue weighted by atomic mass is 35.5. The molecule has 0 heterocycles. The van der Waals surface area contributed by atoms with Crippen molar-refractivity contribution in [3.05, 3.63) is 33.8 Å². The molecular formula is C13H16Cl2N2O2. The average molecular weight is 303 g/mol. The molecule has 6 heteroatoms. The number of carbonyl (C=O) groups is 2. The molecule has 0 aliphatic carbocycles. The van der Waals surface area contributed by atoms with Crippen LogP contribution in [0, 0.1) is 0 Å². The average Bonchev–Trinajstić information content (AvgIpc) is 2.32. The van der Waals surface area contributed by atoms with Crippen LogP contribution in [0.3, 0.4) is 0 Å². The molecule has 0 bridgehead atoms. The molecule has 0 atom stereocenters. The first-order chi connectivity index (χ1) is 8.93. The third kappa shape index (κ3) is 5.19. The first kappa shape index (κ1) is 16.0. The van der Waals surface area contributed by atoms with E-state index in [0.29, 0.717) is 22.2 Å². The largest absolute Gasteiger partial charge is 0.355 e. The summed E-state index contributed by atoms with van der Waals surface area (Å²) in [7, 11) is 1.70. The number of rotatable bonds is 6. The van der Waals surface area contributed by atoms with Gasteiger partial charge in [-0.05, 0) is 32.2 Å². The predicted molar refractivity (Wildman–Crippen MR) is 77.0 cm³/mol. The second kappa shape index (κ2) is 7.48. The Morgan fingerprint density at radius 3 is 2.58 bits per heavy atom. The van der Waals surface area contributed by atoms with Gasteiger partial charge in [-0.3, -0.25) is 14.5 Å². The first-order valence-corrected chi connectivity index (χ1v) is 6.63. The fourth-order valence-electron chi connectivity index (χ4n) is 1.60. The van der Waals surface area contributed by atoms with Gasteiger partial charge in [0.25, 0.3) is 0 Å². The Bertz CT molecular complexity index is 478. The number of amides is 1. The zero-order valence-corrected chi connectivity index (χ0v) is 12.4. The van der Waals surface area contributed by atoms with Crippen LogP contribution in [0.2, 0.25) is 10.0 Å². The number of ketones is 1. The van der Waals surface area contributed by atoms with Crippen LogP contribution in [0.15, 0.2) is 18.2 Å². The summed E-state index contributed by atoms with van der Waals surface area (Å²) in [6, 6.07) is 4.74. The van der Waals surface area contributed by atoms with Crippen molar-refractivity contribution in [1.82, 2.24) is 10.2 Å². The summed E-state index contributed by atoms with van der Waals surface area (Å²) in [6.45, 7) is 2.69. The van der Waals surface area contributed by atoms with Gasteiger partial charge in [-0.15, -0.1) is 0 Å². The molecule has 0 radical (unpaired) electrons. The van der Waals surface area contributed by atoms with Gasteiger partial charge in [-0.1, -0.05) is 23.2 Å². The highest BCUT2D eigenvalue weighted by Crippen LogP contribution is 2.21. The molecule has 0 aliphatic heterocycles. The van der Waals surface area contributed by atoms with Gasteiger partial charge in [0, 0.05) is 17.1 Å². The molecule has 0 saturated heterocycles. The minimum atomic E-state index is -0.167. The van der Waals surface area contributed by atoms with E-state index in [4.69, 9.17) is 23.2 Å². The fraction of sp³-hybridized carbons (Fsp3) is 0.385. The monoisotopic (exact) mass is 302 g/mol. The van der Waals surface area contributed by atoms with E-state index in [-0.39, 0.29) is 24.8 Å². The summed E-state index contributed by atoms with van der Waals surface area (Å²) in [5.74, 6) is -0.283. The Hall–Kier alpha value is -1.10. The molecule has 1 aromatic rings. The van der Waals surface area contributed by atoms with Crippen molar-refractivity contribution in [2.24, 2.45) is 0 Å². The molecule has 1 amide bonds. The third-order valence-corrected chi connectivity index (χ3v) is 2.99. The van der Waals surface area contributed by atoms with E-state index >= 15 is 0 Å². The first-order valence-electron chi connectivity index (χ1n) is 5.87. The van der Waals surface area contributed by atoms with Gasteiger partial charge in [0.15, 0.2) is 5.78 Å². The lowest BCUT2D eigenvalue weighted by atomic mass is 10.1. The molecule has 0 saturated carbocycles. The van der Waals surface area contributed by atoms with Gasteiger partial charge in [0.2, 0.25) is 5.91 Å². The highest BCUT2D eigenvalue weighted by Gasteiger charge is 2.15. The number of nitrogens with zero attached hydrogens (tertiary/aromatic N) is 1. The highest BCUT2D eigenvalue weighted by molar-refractivity contribution is 6.36. The molecular weight excluding hydrogens is 287 g/mol. The number of Topliss-reactive ketones (excluding diaryl/α,β-unsaturated/α-hetero) is 1. The van der Waals surface area contributed by atoms with Crippen LogP contribution in [0.5, 0.6) is 0 Å². The van der Waals surface area contributed by atoms with Crippen molar-refractivity contribution in [2.45, 2.75) is 6.92 Å². The topological polar surface area (TPSA) is 49.4 Å².